The van der Waals surface area contributed by atoms with Crippen LogP contribution in [0.2, 0.25) is 0 Å². The summed E-state index contributed by atoms with van der Waals surface area (Å²) in [4.78, 5) is 0. The lowest BCUT2D eigenvalue weighted by atomic mass is 10.2. The van der Waals surface area contributed by atoms with E-state index in [4.69, 9.17) is 10.9 Å². The molecule has 0 unspecified atom stereocenters. The number of nitrogens with one attached hydrogen (secondary N) is 1. The first-order chi connectivity index (χ1) is 8.84. The Morgan fingerprint density at radius 3 is 2.68 bits per heavy atom. The second kappa shape index (κ2) is 6.65. The van der Waals surface area contributed by atoms with Crippen LogP contribution in [0.15, 0.2) is 27.8 Å². The van der Waals surface area contributed by atoms with E-state index in [9.17, 15) is 13.2 Å². The molecule has 1 aromatic rings. The molecule has 8 heteroatoms. The molecule has 0 aliphatic heterocycles. The van der Waals surface area contributed by atoms with Crippen LogP contribution in [0.25, 0.3) is 0 Å². The molecule has 0 aromatic heterocycles. The van der Waals surface area contributed by atoms with Crippen LogP contribution in [0.1, 0.15) is 18.4 Å². The SMILES string of the molecule is N/C(CCCNc1cc(C(F)(F)F)ccc1Br)=N/O. The first kappa shape index (κ1) is 15.6. The summed E-state index contributed by atoms with van der Waals surface area (Å²) in [5.41, 5.74) is 4.92. The van der Waals surface area contributed by atoms with Crippen molar-refractivity contribution in [2.24, 2.45) is 10.9 Å². The van der Waals surface area contributed by atoms with Gasteiger partial charge in [-0.05, 0) is 40.5 Å². The first-order valence-corrected chi connectivity index (χ1v) is 6.21. The van der Waals surface area contributed by atoms with E-state index in [0.717, 1.165) is 12.1 Å². The third-order valence-corrected chi connectivity index (χ3v) is 3.04. The number of anilines is 1. The molecule has 0 spiro atoms. The van der Waals surface area contributed by atoms with Crippen molar-refractivity contribution in [2.75, 3.05) is 11.9 Å². The summed E-state index contributed by atoms with van der Waals surface area (Å²) in [6.45, 7) is 0.413. The Balaban J connectivity index is 2.63. The van der Waals surface area contributed by atoms with Crippen molar-refractivity contribution in [3.05, 3.63) is 28.2 Å². The van der Waals surface area contributed by atoms with Crippen LogP contribution >= 0.6 is 15.9 Å². The molecule has 1 aromatic carbocycles. The molecule has 0 bridgehead atoms. The van der Waals surface area contributed by atoms with E-state index in [1.165, 1.54) is 6.07 Å². The normalized spacial score (nSPS) is 12.5. The molecule has 0 saturated carbocycles. The maximum Gasteiger partial charge on any atom is 0.416 e. The Labute approximate surface area is 116 Å². The molecule has 0 atom stereocenters. The Kier molecular flexibility index (Phi) is 5.46. The number of hydrogen-bond acceptors (Lipinski definition) is 3. The summed E-state index contributed by atoms with van der Waals surface area (Å²) in [6.07, 6.45) is -3.47. The van der Waals surface area contributed by atoms with E-state index < -0.39 is 11.7 Å². The smallest absolute Gasteiger partial charge is 0.409 e. The van der Waals surface area contributed by atoms with Gasteiger partial charge in [0.25, 0.3) is 0 Å². The Morgan fingerprint density at radius 1 is 1.42 bits per heavy atom. The molecule has 0 heterocycles. The maximum atomic E-state index is 12.5. The number of amidine groups is 1. The minimum absolute atomic E-state index is 0.0879. The van der Waals surface area contributed by atoms with Crippen molar-refractivity contribution >= 4 is 27.5 Å². The topological polar surface area (TPSA) is 70.6 Å². The lowest BCUT2D eigenvalue weighted by Crippen LogP contribution is -2.14. The number of oxime groups is 1. The summed E-state index contributed by atoms with van der Waals surface area (Å²) < 4.78 is 38.2. The largest absolute Gasteiger partial charge is 0.416 e. The molecule has 4 nitrogen and oxygen atoms in total. The fourth-order valence-electron chi connectivity index (χ4n) is 1.38. The van der Waals surface area contributed by atoms with E-state index in [0.29, 0.717) is 29.5 Å². The van der Waals surface area contributed by atoms with Gasteiger partial charge in [-0.1, -0.05) is 5.16 Å². The molecule has 0 radical (unpaired) electrons. The van der Waals surface area contributed by atoms with Gasteiger partial charge in [-0.25, -0.2) is 0 Å². The van der Waals surface area contributed by atoms with E-state index in [1.807, 2.05) is 0 Å². The van der Waals surface area contributed by atoms with Crippen LogP contribution in [0.3, 0.4) is 0 Å². The van der Waals surface area contributed by atoms with Crippen molar-refractivity contribution in [3.63, 3.8) is 0 Å². The van der Waals surface area contributed by atoms with Gasteiger partial charge in [0.1, 0.15) is 5.84 Å². The highest BCUT2D eigenvalue weighted by Gasteiger charge is 2.30. The van der Waals surface area contributed by atoms with Crippen LogP contribution < -0.4 is 11.1 Å². The van der Waals surface area contributed by atoms with Crippen LogP contribution in [0.5, 0.6) is 0 Å². The molecule has 4 N–H and O–H groups in total. The molecule has 0 aliphatic rings. The molecule has 1 rings (SSSR count). The summed E-state index contributed by atoms with van der Waals surface area (Å²) in [6, 6.07) is 3.38. The molecule has 0 saturated heterocycles. The first-order valence-electron chi connectivity index (χ1n) is 5.41. The highest BCUT2D eigenvalue weighted by Crippen LogP contribution is 2.33. The average Bonchev–Trinajstić information content (AvgIpc) is 2.34. The van der Waals surface area contributed by atoms with Crippen molar-refractivity contribution in [3.8, 4) is 0 Å². The van der Waals surface area contributed by atoms with Crippen LogP contribution in [0.4, 0.5) is 18.9 Å². The maximum absolute atomic E-state index is 12.5. The summed E-state index contributed by atoms with van der Waals surface area (Å²) >= 11 is 3.17. The highest BCUT2D eigenvalue weighted by molar-refractivity contribution is 9.10. The molecule has 0 amide bonds. The number of nitrogens with zero attached hydrogens (tertiary/aromatic N) is 1. The van der Waals surface area contributed by atoms with E-state index >= 15 is 0 Å². The molecular formula is C11H13BrF3N3O. The Bertz CT molecular complexity index is 463. The van der Waals surface area contributed by atoms with Crippen LogP contribution in [-0.4, -0.2) is 17.6 Å². The second-order valence-electron chi connectivity index (χ2n) is 3.81. The van der Waals surface area contributed by atoms with Gasteiger partial charge in [0.05, 0.1) is 5.56 Å². The predicted molar refractivity (Wildman–Crippen MR) is 70.3 cm³/mol. The third kappa shape index (κ3) is 4.98. The number of halogens is 4. The molecule has 0 fully saturated rings. The number of rotatable bonds is 5. The lowest BCUT2D eigenvalue weighted by Gasteiger charge is -2.12. The second-order valence-corrected chi connectivity index (χ2v) is 4.67. The Hall–Kier alpha value is -1.44. The van der Waals surface area contributed by atoms with E-state index in [1.54, 1.807) is 0 Å². The predicted octanol–water partition coefficient (Wildman–Crippen LogP) is 3.41. The van der Waals surface area contributed by atoms with Gasteiger partial charge < -0.3 is 16.3 Å². The third-order valence-electron chi connectivity index (χ3n) is 2.35. The van der Waals surface area contributed by atoms with E-state index in [-0.39, 0.29) is 5.84 Å². The standard InChI is InChI=1S/C11H13BrF3N3O/c12-8-4-3-7(11(13,14)15)6-9(8)17-5-1-2-10(16)18-19/h3-4,6,17,19H,1-2,5H2,(H2,16,18). The zero-order valence-electron chi connectivity index (χ0n) is 9.84. The van der Waals surface area contributed by atoms with Gasteiger partial charge in [0.15, 0.2) is 0 Å². The number of hydrogen-bond donors (Lipinski definition) is 3. The van der Waals surface area contributed by atoms with Crippen molar-refractivity contribution < 1.29 is 18.4 Å². The molecule has 19 heavy (non-hydrogen) atoms. The average molecular weight is 340 g/mol. The lowest BCUT2D eigenvalue weighted by molar-refractivity contribution is -0.137. The van der Waals surface area contributed by atoms with Crippen molar-refractivity contribution in [1.82, 2.24) is 0 Å². The fourth-order valence-corrected chi connectivity index (χ4v) is 1.77. The van der Waals surface area contributed by atoms with Crippen LogP contribution in [-0.2, 0) is 6.18 Å². The van der Waals surface area contributed by atoms with Gasteiger partial charge in [-0.15, -0.1) is 0 Å². The highest BCUT2D eigenvalue weighted by atomic mass is 79.9. The summed E-state index contributed by atoms with van der Waals surface area (Å²) in [5, 5.41) is 14.0. The number of alkyl halides is 3. The fraction of sp³-hybridized carbons (Fsp3) is 0.364. The molecule has 106 valence electrons. The zero-order chi connectivity index (χ0) is 14.5. The van der Waals surface area contributed by atoms with Gasteiger partial charge in [0.2, 0.25) is 0 Å². The minimum Gasteiger partial charge on any atom is -0.409 e. The van der Waals surface area contributed by atoms with Gasteiger partial charge in [0, 0.05) is 23.1 Å². The van der Waals surface area contributed by atoms with Gasteiger partial charge in [-0.2, -0.15) is 13.2 Å². The van der Waals surface area contributed by atoms with Crippen LogP contribution in [0, 0.1) is 0 Å². The quantitative estimate of drug-likeness (QED) is 0.253. The Morgan fingerprint density at radius 2 is 2.11 bits per heavy atom. The number of nitrogens with two attached hydrogens (primary N) is 1. The summed E-state index contributed by atoms with van der Waals surface area (Å²) in [7, 11) is 0. The monoisotopic (exact) mass is 339 g/mol. The van der Waals surface area contributed by atoms with Gasteiger partial charge in [-0.3, -0.25) is 0 Å². The summed E-state index contributed by atoms with van der Waals surface area (Å²) in [5.74, 6) is 0.0879. The van der Waals surface area contributed by atoms with E-state index in [2.05, 4.69) is 26.4 Å². The minimum atomic E-state index is -4.37. The van der Waals surface area contributed by atoms with Crippen molar-refractivity contribution in [1.29, 1.82) is 0 Å². The number of benzene rings is 1. The van der Waals surface area contributed by atoms with Crippen molar-refractivity contribution in [2.45, 2.75) is 19.0 Å². The molecular weight excluding hydrogens is 327 g/mol. The van der Waals surface area contributed by atoms with Gasteiger partial charge >= 0.3 is 6.18 Å². The molecule has 0 aliphatic carbocycles. The zero-order valence-corrected chi connectivity index (χ0v) is 11.4.